The van der Waals surface area contributed by atoms with Crippen LogP contribution in [0.2, 0.25) is 0 Å². The molecular formula is C31H31N3O3S. The molecule has 0 saturated carbocycles. The standard InChI is InChI=1S/C31H31N3O3S/c1-17(2)19-11-13-22-24(15-19)38-30(33-22)34-26(23-9-7-8-14-32-23)25(28(36)29(34)37)27(35)21-16-20(31(4,5)6)12-10-18(21)3/h7-17,26,35H,1-6H3/b27-25+. The van der Waals surface area contributed by atoms with Gasteiger partial charge in [0.05, 0.1) is 21.5 Å². The first kappa shape index (κ1) is 25.8. The molecule has 1 atom stereocenters. The summed E-state index contributed by atoms with van der Waals surface area (Å²) in [5, 5.41) is 12.0. The summed E-state index contributed by atoms with van der Waals surface area (Å²) in [6.07, 6.45) is 1.62. The Balaban J connectivity index is 1.72. The number of aliphatic hydroxyl groups is 1. The molecule has 1 amide bonds. The van der Waals surface area contributed by atoms with E-state index >= 15 is 0 Å². The molecule has 0 spiro atoms. The Labute approximate surface area is 226 Å². The number of carbonyl (C=O) groups excluding carboxylic acids is 2. The molecule has 0 radical (unpaired) electrons. The van der Waals surface area contributed by atoms with Crippen LogP contribution in [-0.4, -0.2) is 26.8 Å². The first-order valence-electron chi connectivity index (χ1n) is 12.7. The quantitative estimate of drug-likeness (QED) is 0.175. The molecule has 1 fully saturated rings. The van der Waals surface area contributed by atoms with E-state index in [-0.39, 0.29) is 16.7 Å². The van der Waals surface area contributed by atoms with E-state index in [1.165, 1.54) is 21.8 Å². The van der Waals surface area contributed by atoms with Crippen LogP contribution < -0.4 is 4.90 Å². The van der Waals surface area contributed by atoms with Gasteiger partial charge >= 0.3 is 5.91 Å². The number of hydrogen-bond donors (Lipinski definition) is 1. The van der Waals surface area contributed by atoms with Crippen LogP contribution in [0.5, 0.6) is 0 Å². The van der Waals surface area contributed by atoms with Crippen LogP contribution in [0.1, 0.15) is 74.5 Å². The minimum Gasteiger partial charge on any atom is -0.507 e. The van der Waals surface area contributed by atoms with Crippen LogP contribution in [0.4, 0.5) is 5.13 Å². The predicted octanol–water partition coefficient (Wildman–Crippen LogP) is 7.05. The number of anilines is 1. The number of benzene rings is 2. The highest BCUT2D eigenvalue weighted by atomic mass is 32.1. The normalized spacial score (nSPS) is 17.7. The predicted molar refractivity (Wildman–Crippen MR) is 153 cm³/mol. The van der Waals surface area contributed by atoms with E-state index in [0.717, 1.165) is 21.3 Å². The molecule has 1 aliphatic heterocycles. The summed E-state index contributed by atoms with van der Waals surface area (Å²) in [6, 6.07) is 16.4. The number of Topliss-reactive ketones (excluding diaryl/α,β-unsaturated/α-hetero) is 1. The average molecular weight is 526 g/mol. The number of pyridine rings is 1. The molecule has 1 unspecified atom stereocenters. The number of hydrogen-bond acceptors (Lipinski definition) is 6. The lowest BCUT2D eigenvalue weighted by molar-refractivity contribution is -0.132. The third kappa shape index (κ3) is 4.41. The molecule has 2 aromatic heterocycles. The fraction of sp³-hybridized carbons (Fsp3) is 0.290. The molecule has 1 N–H and O–H groups in total. The summed E-state index contributed by atoms with van der Waals surface area (Å²) in [6.45, 7) is 12.4. The monoisotopic (exact) mass is 525 g/mol. The lowest BCUT2D eigenvalue weighted by atomic mass is 9.84. The number of carbonyl (C=O) groups is 2. The van der Waals surface area contributed by atoms with Crippen molar-refractivity contribution in [1.29, 1.82) is 0 Å². The van der Waals surface area contributed by atoms with E-state index in [1.54, 1.807) is 24.4 Å². The lowest BCUT2D eigenvalue weighted by Gasteiger charge is -2.23. The number of nitrogens with zero attached hydrogens (tertiary/aromatic N) is 3. The molecule has 7 heteroatoms. The second-order valence-corrected chi connectivity index (χ2v) is 12.1. The smallest absolute Gasteiger partial charge is 0.301 e. The van der Waals surface area contributed by atoms with E-state index in [4.69, 9.17) is 4.98 Å². The van der Waals surface area contributed by atoms with Crippen molar-refractivity contribution in [2.75, 3.05) is 4.90 Å². The van der Waals surface area contributed by atoms with E-state index < -0.39 is 17.7 Å². The Morgan fingerprint density at radius 3 is 2.47 bits per heavy atom. The van der Waals surface area contributed by atoms with Crippen LogP contribution in [0.3, 0.4) is 0 Å². The number of aryl methyl sites for hydroxylation is 1. The average Bonchev–Trinajstić information content (AvgIpc) is 3.41. The summed E-state index contributed by atoms with van der Waals surface area (Å²) in [5.41, 5.74) is 4.62. The number of amides is 1. The van der Waals surface area contributed by atoms with Crippen LogP contribution in [0, 0.1) is 6.92 Å². The molecule has 3 heterocycles. The zero-order valence-electron chi connectivity index (χ0n) is 22.4. The summed E-state index contributed by atoms with van der Waals surface area (Å²) < 4.78 is 0.932. The third-order valence-corrected chi connectivity index (χ3v) is 8.06. The molecule has 1 saturated heterocycles. The zero-order chi connectivity index (χ0) is 27.4. The minimum atomic E-state index is -0.904. The van der Waals surface area contributed by atoms with Gasteiger partial charge < -0.3 is 5.11 Å². The summed E-state index contributed by atoms with van der Waals surface area (Å²) in [5.74, 6) is -1.33. The van der Waals surface area contributed by atoms with Gasteiger partial charge in [-0.1, -0.05) is 70.2 Å². The second-order valence-electron chi connectivity index (χ2n) is 11.1. The van der Waals surface area contributed by atoms with E-state index in [9.17, 15) is 14.7 Å². The second kappa shape index (κ2) is 9.48. The van der Waals surface area contributed by atoms with Crippen molar-refractivity contribution in [3.63, 3.8) is 0 Å². The van der Waals surface area contributed by atoms with Crippen LogP contribution in [0.25, 0.3) is 16.0 Å². The topological polar surface area (TPSA) is 83.4 Å². The number of aromatic nitrogens is 2. The molecule has 5 rings (SSSR count). The molecule has 194 valence electrons. The first-order valence-corrected chi connectivity index (χ1v) is 13.5. The van der Waals surface area contributed by atoms with Crippen molar-refractivity contribution in [3.8, 4) is 0 Å². The molecular weight excluding hydrogens is 494 g/mol. The largest absolute Gasteiger partial charge is 0.507 e. The Morgan fingerprint density at radius 2 is 1.82 bits per heavy atom. The van der Waals surface area contributed by atoms with E-state index in [2.05, 4.69) is 45.7 Å². The van der Waals surface area contributed by atoms with Crippen molar-refractivity contribution in [1.82, 2.24) is 9.97 Å². The summed E-state index contributed by atoms with van der Waals surface area (Å²) in [7, 11) is 0. The van der Waals surface area contributed by atoms with Gasteiger partial charge in [-0.25, -0.2) is 4.98 Å². The van der Waals surface area contributed by atoms with Gasteiger partial charge in [0.2, 0.25) is 0 Å². The number of ketones is 1. The summed E-state index contributed by atoms with van der Waals surface area (Å²) >= 11 is 1.36. The van der Waals surface area contributed by atoms with Gasteiger partial charge in [-0.15, -0.1) is 0 Å². The van der Waals surface area contributed by atoms with Gasteiger partial charge in [0.25, 0.3) is 5.78 Å². The Kier molecular flexibility index (Phi) is 6.43. The molecule has 6 nitrogen and oxygen atoms in total. The highest BCUT2D eigenvalue weighted by Crippen LogP contribution is 2.44. The lowest BCUT2D eigenvalue weighted by Crippen LogP contribution is -2.29. The maximum Gasteiger partial charge on any atom is 0.301 e. The van der Waals surface area contributed by atoms with Crippen LogP contribution in [0.15, 0.2) is 66.4 Å². The van der Waals surface area contributed by atoms with Crippen LogP contribution in [-0.2, 0) is 15.0 Å². The van der Waals surface area contributed by atoms with Crippen molar-refractivity contribution in [2.45, 2.75) is 58.9 Å². The number of rotatable bonds is 4. The minimum absolute atomic E-state index is 0.0185. The number of aliphatic hydroxyl groups excluding tert-OH is 1. The zero-order valence-corrected chi connectivity index (χ0v) is 23.3. The van der Waals surface area contributed by atoms with Crippen molar-refractivity contribution in [3.05, 3.63) is 94.3 Å². The molecule has 0 aliphatic carbocycles. The van der Waals surface area contributed by atoms with Crippen molar-refractivity contribution < 1.29 is 14.7 Å². The van der Waals surface area contributed by atoms with E-state index in [1.807, 2.05) is 37.3 Å². The Bertz CT molecular complexity index is 1600. The van der Waals surface area contributed by atoms with Gasteiger partial charge in [-0.2, -0.15) is 0 Å². The van der Waals surface area contributed by atoms with E-state index in [0.29, 0.717) is 22.3 Å². The fourth-order valence-electron chi connectivity index (χ4n) is 4.73. The Hall–Kier alpha value is -3.84. The van der Waals surface area contributed by atoms with Gasteiger partial charge in [-0.05, 0) is 65.3 Å². The van der Waals surface area contributed by atoms with Crippen molar-refractivity contribution in [2.24, 2.45) is 0 Å². The van der Waals surface area contributed by atoms with Gasteiger partial charge in [0.1, 0.15) is 11.8 Å². The fourth-order valence-corrected chi connectivity index (χ4v) is 5.77. The Morgan fingerprint density at radius 1 is 1.05 bits per heavy atom. The van der Waals surface area contributed by atoms with Crippen LogP contribution >= 0.6 is 11.3 Å². The summed E-state index contributed by atoms with van der Waals surface area (Å²) in [4.78, 5) is 37.7. The van der Waals surface area contributed by atoms with Gasteiger partial charge in [0.15, 0.2) is 5.13 Å². The molecule has 2 aromatic carbocycles. The maximum absolute atomic E-state index is 13.6. The molecule has 1 aliphatic rings. The van der Waals surface area contributed by atoms with Gasteiger partial charge in [-0.3, -0.25) is 19.5 Å². The molecule has 0 bridgehead atoms. The first-order chi connectivity index (χ1) is 18.0. The third-order valence-electron chi connectivity index (χ3n) is 7.05. The highest BCUT2D eigenvalue weighted by Gasteiger charge is 2.49. The van der Waals surface area contributed by atoms with Gasteiger partial charge in [0, 0.05) is 11.8 Å². The number of fused-ring (bicyclic) bond motifs is 1. The number of thiazole rings is 1. The highest BCUT2D eigenvalue weighted by molar-refractivity contribution is 7.22. The van der Waals surface area contributed by atoms with Crippen molar-refractivity contribution >= 4 is 44.1 Å². The maximum atomic E-state index is 13.6. The molecule has 38 heavy (non-hydrogen) atoms. The SMILES string of the molecule is Cc1ccc(C(C)(C)C)cc1/C(O)=C1\C(=O)C(=O)N(c2nc3ccc(C(C)C)cc3s2)C1c1ccccn1. The molecule has 4 aromatic rings.